The van der Waals surface area contributed by atoms with E-state index in [1.165, 1.54) is 31.7 Å². The molecule has 1 nitrogen and oxygen atoms in total. The fourth-order valence-corrected chi connectivity index (χ4v) is 6.55. The molecule has 256 valence electrons. The highest BCUT2D eigenvalue weighted by Gasteiger charge is 2.42. The maximum atomic E-state index is 15.1. The molecule has 1 fully saturated rings. The first-order chi connectivity index (χ1) is 22.9. The molecule has 0 atom stereocenters. The molecule has 0 saturated heterocycles. The second-order valence-electron chi connectivity index (χ2n) is 12.5. The van der Waals surface area contributed by atoms with Gasteiger partial charge in [-0.3, -0.25) is 0 Å². The fraction of sp³-hybridized carbons (Fsp3) is 0.368. The number of hydrogen-bond donors (Lipinski definition) is 0. The molecule has 0 N–H and O–H groups in total. The molecule has 4 aromatic rings. The van der Waals surface area contributed by atoms with E-state index in [0.717, 1.165) is 62.1 Å². The predicted molar refractivity (Wildman–Crippen MR) is 166 cm³/mol. The van der Waals surface area contributed by atoms with Crippen molar-refractivity contribution in [2.45, 2.75) is 83.2 Å². The van der Waals surface area contributed by atoms with Crippen LogP contribution < -0.4 is 4.74 Å². The van der Waals surface area contributed by atoms with Crippen LogP contribution in [0.2, 0.25) is 0 Å². The Bertz CT molecular complexity index is 1700. The zero-order valence-corrected chi connectivity index (χ0v) is 26.3. The van der Waals surface area contributed by atoms with Crippen LogP contribution in [0.25, 0.3) is 22.3 Å². The number of alkyl halides is 2. The molecule has 0 aromatic heterocycles. The highest BCUT2D eigenvalue weighted by Crippen LogP contribution is 2.42. The minimum Gasteiger partial charge on any atom is -0.429 e. The third-order valence-electron chi connectivity index (χ3n) is 9.15. The highest BCUT2D eigenvalue weighted by molar-refractivity contribution is 5.72. The Morgan fingerprint density at radius 1 is 0.604 bits per heavy atom. The average Bonchev–Trinajstić information content (AvgIpc) is 3.03. The van der Waals surface area contributed by atoms with Crippen LogP contribution in [0, 0.1) is 46.6 Å². The van der Waals surface area contributed by atoms with Crippen molar-refractivity contribution in [3.63, 3.8) is 0 Å². The van der Waals surface area contributed by atoms with Gasteiger partial charge in [-0.1, -0.05) is 57.6 Å². The summed E-state index contributed by atoms with van der Waals surface area (Å²) in [6.45, 7) is 2.17. The van der Waals surface area contributed by atoms with Crippen molar-refractivity contribution in [3.05, 3.63) is 113 Å². The van der Waals surface area contributed by atoms with Crippen LogP contribution in [0.15, 0.2) is 60.7 Å². The number of ether oxygens (including phenoxy) is 1. The zero-order valence-electron chi connectivity index (χ0n) is 26.3. The van der Waals surface area contributed by atoms with E-state index in [1.54, 1.807) is 0 Å². The molecule has 0 heterocycles. The van der Waals surface area contributed by atoms with E-state index in [2.05, 4.69) is 11.7 Å². The number of unbranched alkanes of at least 4 members (excludes halogenated alkanes) is 4. The smallest absolute Gasteiger partial charge is 0.429 e. The molecule has 1 aliphatic carbocycles. The van der Waals surface area contributed by atoms with Crippen LogP contribution in [0.4, 0.5) is 39.5 Å². The van der Waals surface area contributed by atoms with E-state index in [4.69, 9.17) is 0 Å². The molecular formula is C38H35F9O. The summed E-state index contributed by atoms with van der Waals surface area (Å²) in [6.07, 6.45) is 5.86. The van der Waals surface area contributed by atoms with Gasteiger partial charge in [-0.15, -0.1) is 0 Å². The molecule has 48 heavy (non-hydrogen) atoms. The van der Waals surface area contributed by atoms with Gasteiger partial charge in [0, 0.05) is 17.2 Å². The van der Waals surface area contributed by atoms with Gasteiger partial charge in [0.15, 0.2) is 17.5 Å². The highest BCUT2D eigenvalue weighted by atomic mass is 19.3. The summed E-state index contributed by atoms with van der Waals surface area (Å²) in [5, 5.41) is 0. The van der Waals surface area contributed by atoms with E-state index >= 15 is 22.0 Å². The summed E-state index contributed by atoms with van der Waals surface area (Å²) in [5.41, 5.74) is -2.20. The Hall–Kier alpha value is -3.95. The normalized spacial score (nSPS) is 16.7. The SMILES string of the molecule is CCCCCCCC1CCC(c2cc(F)c(C(F)(F)Oc3ccc(-c4ccc(-c5cc(F)c(F)c(F)c5)c(F)c4)c(F)c3)c(F)c2)CC1. The van der Waals surface area contributed by atoms with E-state index in [1.807, 2.05) is 0 Å². The van der Waals surface area contributed by atoms with E-state index in [0.29, 0.717) is 42.5 Å². The monoisotopic (exact) mass is 678 g/mol. The van der Waals surface area contributed by atoms with Crippen LogP contribution in [0.3, 0.4) is 0 Å². The van der Waals surface area contributed by atoms with Crippen LogP contribution in [0.1, 0.15) is 88.2 Å². The lowest BCUT2D eigenvalue weighted by molar-refractivity contribution is -0.189. The number of rotatable bonds is 12. The lowest BCUT2D eigenvalue weighted by Crippen LogP contribution is -2.26. The van der Waals surface area contributed by atoms with Crippen LogP contribution in [0.5, 0.6) is 5.75 Å². The lowest BCUT2D eigenvalue weighted by atomic mass is 9.77. The maximum absolute atomic E-state index is 15.1. The maximum Gasteiger partial charge on any atom is 0.432 e. The van der Waals surface area contributed by atoms with E-state index in [9.17, 15) is 17.6 Å². The zero-order chi connectivity index (χ0) is 34.6. The van der Waals surface area contributed by atoms with Crippen LogP contribution in [-0.2, 0) is 6.11 Å². The standard InChI is InChI=1S/C38H35F9O/c1-2-3-4-5-6-7-22-8-10-23(11-9-22)25-17-32(41)36(33(42)18-25)38(46,47)48-27-13-15-28(31(40)21-27)24-12-14-29(30(39)16-24)26-19-34(43)37(45)35(44)20-26/h12-23H,2-11H2,1H3. The summed E-state index contributed by atoms with van der Waals surface area (Å²) in [7, 11) is 0. The Morgan fingerprint density at radius 3 is 1.77 bits per heavy atom. The molecule has 0 spiro atoms. The number of benzene rings is 4. The molecule has 0 unspecified atom stereocenters. The van der Waals surface area contributed by atoms with Gasteiger partial charge in [-0.05, 0) is 96.7 Å². The Labute approximate surface area is 273 Å². The summed E-state index contributed by atoms with van der Waals surface area (Å²) in [5.74, 6) is -10.2. The molecule has 1 saturated carbocycles. The Kier molecular flexibility index (Phi) is 11.1. The van der Waals surface area contributed by atoms with E-state index < -0.39 is 58.1 Å². The number of hydrogen-bond acceptors (Lipinski definition) is 1. The van der Waals surface area contributed by atoms with Gasteiger partial charge in [0.2, 0.25) is 0 Å². The second-order valence-corrected chi connectivity index (χ2v) is 12.5. The van der Waals surface area contributed by atoms with Crippen molar-refractivity contribution < 1.29 is 44.3 Å². The molecule has 1 aliphatic rings. The second kappa shape index (κ2) is 15.1. The van der Waals surface area contributed by atoms with Crippen molar-refractivity contribution in [3.8, 4) is 28.0 Å². The largest absolute Gasteiger partial charge is 0.432 e. The van der Waals surface area contributed by atoms with Crippen molar-refractivity contribution in [1.29, 1.82) is 0 Å². The summed E-state index contributed by atoms with van der Waals surface area (Å²) in [4.78, 5) is 0. The number of halogens is 9. The molecular weight excluding hydrogens is 643 g/mol. The molecule has 10 heteroatoms. The third kappa shape index (κ3) is 8.01. The third-order valence-corrected chi connectivity index (χ3v) is 9.15. The van der Waals surface area contributed by atoms with Crippen LogP contribution in [-0.4, -0.2) is 0 Å². The minimum atomic E-state index is -4.50. The molecule has 4 aromatic carbocycles. The first kappa shape index (κ1) is 35.4. The molecule has 0 aliphatic heterocycles. The fourth-order valence-electron chi connectivity index (χ4n) is 6.55. The van der Waals surface area contributed by atoms with Gasteiger partial charge in [-0.25, -0.2) is 30.7 Å². The molecule has 0 bridgehead atoms. The van der Waals surface area contributed by atoms with Crippen molar-refractivity contribution in [2.24, 2.45) is 5.92 Å². The quantitative estimate of drug-likeness (QED) is 0.0823. The predicted octanol–water partition coefficient (Wildman–Crippen LogP) is 12.8. The first-order valence-electron chi connectivity index (χ1n) is 16.2. The van der Waals surface area contributed by atoms with Gasteiger partial charge >= 0.3 is 6.11 Å². The van der Waals surface area contributed by atoms with Crippen LogP contribution >= 0.6 is 0 Å². The van der Waals surface area contributed by atoms with Gasteiger partial charge < -0.3 is 4.74 Å². The van der Waals surface area contributed by atoms with E-state index in [-0.39, 0.29) is 28.2 Å². The average molecular weight is 679 g/mol. The van der Waals surface area contributed by atoms with Crippen molar-refractivity contribution >= 4 is 0 Å². The lowest BCUT2D eigenvalue weighted by Gasteiger charge is -2.29. The molecule has 5 rings (SSSR count). The van der Waals surface area contributed by atoms with Gasteiger partial charge in [0.05, 0.1) is 0 Å². The molecule has 0 amide bonds. The Morgan fingerprint density at radius 2 is 1.17 bits per heavy atom. The summed E-state index contributed by atoms with van der Waals surface area (Å²) in [6, 6.07) is 8.67. The van der Waals surface area contributed by atoms with Gasteiger partial charge in [-0.2, -0.15) is 8.78 Å². The summed E-state index contributed by atoms with van der Waals surface area (Å²) >= 11 is 0. The van der Waals surface area contributed by atoms with Crippen molar-refractivity contribution in [1.82, 2.24) is 0 Å². The first-order valence-corrected chi connectivity index (χ1v) is 16.2. The molecule has 0 radical (unpaired) electrons. The Balaban J connectivity index is 1.26. The van der Waals surface area contributed by atoms with Gasteiger partial charge in [0.1, 0.15) is 34.6 Å². The minimum absolute atomic E-state index is 0.0659. The van der Waals surface area contributed by atoms with Crippen molar-refractivity contribution in [2.75, 3.05) is 0 Å². The summed E-state index contributed by atoms with van der Waals surface area (Å²) < 4.78 is 135. The van der Waals surface area contributed by atoms with Gasteiger partial charge in [0.25, 0.3) is 0 Å². The topological polar surface area (TPSA) is 9.23 Å².